The van der Waals surface area contributed by atoms with Crippen LogP contribution in [0, 0.1) is 22.0 Å². The van der Waals surface area contributed by atoms with Gasteiger partial charge in [0.1, 0.15) is 0 Å². The van der Waals surface area contributed by atoms with Crippen molar-refractivity contribution in [3.63, 3.8) is 0 Å². The molecule has 1 saturated heterocycles. The molecule has 1 aliphatic heterocycles. The maximum absolute atomic E-state index is 11.4. The molecule has 0 amide bonds. The number of rotatable bonds is 3. The molecule has 2 unspecified atom stereocenters. The van der Waals surface area contributed by atoms with Crippen molar-refractivity contribution in [3.8, 4) is 0 Å². The van der Waals surface area contributed by atoms with E-state index < -0.39 is 10.9 Å². The van der Waals surface area contributed by atoms with Crippen molar-refractivity contribution in [2.24, 2.45) is 11.8 Å². The Hall–Kier alpha value is -2.37. The predicted octanol–water partition coefficient (Wildman–Crippen LogP) is 2.70. The lowest BCUT2D eigenvalue weighted by atomic mass is 9.86. The van der Waals surface area contributed by atoms with E-state index in [0.717, 1.165) is 32.0 Å². The lowest BCUT2D eigenvalue weighted by molar-refractivity contribution is -0.384. The fourth-order valence-electron chi connectivity index (χ4n) is 3.30. The van der Waals surface area contributed by atoms with Crippen molar-refractivity contribution < 1.29 is 14.8 Å². The lowest BCUT2D eigenvalue weighted by Crippen LogP contribution is -2.22. The van der Waals surface area contributed by atoms with Gasteiger partial charge in [-0.1, -0.05) is 12.2 Å². The molecular formula is C15H16N2O4. The van der Waals surface area contributed by atoms with Crippen LogP contribution >= 0.6 is 0 Å². The Bertz CT molecular complexity index is 610. The number of carbonyl (C=O) groups is 1. The minimum Gasteiger partial charge on any atom is -0.478 e. The van der Waals surface area contributed by atoms with Crippen molar-refractivity contribution >= 4 is 17.3 Å². The summed E-state index contributed by atoms with van der Waals surface area (Å²) in [4.78, 5) is 23.7. The molecule has 1 N–H and O–H groups in total. The number of nitro benzene ring substituents is 1. The number of anilines is 1. The highest BCUT2D eigenvalue weighted by molar-refractivity contribution is 5.95. The normalized spacial score (nSPS) is 23.9. The zero-order valence-corrected chi connectivity index (χ0v) is 11.4. The average molecular weight is 288 g/mol. The van der Waals surface area contributed by atoms with E-state index in [2.05, 4.69) is 17.1 Å². The first-order valence-electron chi connectivity index (χ1n) is 6.98. The molecular weight excluding hydrogens is 272 g/mol. The van der Waals surface area contributed by atoms with Crippen LogP contribution in [-0.4, -0.2) is 29.1 Å². The monoisotopic (exact) mass is 288 g/mol. The van der Waals surface area contributed by atoms with Crippen LogP contribution in [-0.2, 0) is 0 Å². The first kappa shape index (κ1) is 13.6. The van der Waals surface area contributed by atoms with Gasteiger partial charge in [-0.3, -0.25) is 10.1 Å². The third-order valence-corrected chi connectivity index (χ3v) is 4.38. The summed E-state index contributed by atoms with van der Waals surface area (Å²) in [5, 5.41) is 20.1. The van der Waals surface area contributed by atoms with E-state index in [1.807, 2.05) is 0 Å². The highest BCUT2D eigenvalue weighted by atomic mass is 16.6. The Balaban J connectivity index is 1.92. The Morgan fingerprint density at radius 1 is 1.24 bits per heavy atom. The van der Waals surface area contributed by atoms with E-state index in [1.54, 1.807) is 6.07 Å². The van der Waals surface area contributed by atoms with Gasteiger partial charge >= 0.3 is 5.97 Å². The van der Waals surface area contributed by atoms with Gasteiger partial charge in [0.15, 0.2) is 0 Å². The fraction of sp³-hybridized carbons (Fsp3) is 0.400. The standard InChI is InChI=1S/C15H16N2O4/c18-15(19)13-7-12(17(20)21)5-6-14(13)16-8-10-3-1-2-4-11(10)9-16/h1-2,5-7,10-11H,3-4,8-9H2,(H,18,19). The Kier molecular flexibility index (Phi) is 3.37. The summed E-state index contributed by atoms with van der Waals surface area (Å²) in [5.41, 5.74) is 0.410. The Morgan fingerprint density at radius 2 is 1.86 bits per heavy atom. The molecule has 0 radical (unpaired) electrons. The van der Waals surface area contributed by atoms with E-state index in [0.29, 0.717) is 17.5 Å². The number of carboxylic acid groups (broad SMARTS) is 1. The molecule has 21 heavy (non-hydrogen) atoms. The van der Waals surface area contributed by atoms with Crippen LogP contribution in [0.4, 0.5) is 11.4 Å². The predicted molar refractivity (Wildman–Crippen MR) is 77.6 cm³/mol. The highest BCUT2D eigenvalue weighted by Gasteiger charge is 2.34. The van der Waals surface area contributed by atoms with E-state index in [1.165, 1.54) is 6.07 Å². The lowest BCUT2D eigenvalue weighted by Gasteiger charge is -2.20. The molecule has 1 fully saturated rings. The second kappa shape index (κ2) is 5.20. The Morgan fingerprint density at radius 3 is 2.38 bits per heavy atom. The molecule has 1 aromatic carbocycles. The second-order valence-corrected chi connectivity index (χ2v) is 5.63. The van der Waals surface area contributed by atoms with Gasteiger partial charge in [0.05, 0.1) is 16.2 Å². The molecule has 2 atom stereocenters. The molecule has 2 aliphatic rings. The zero-order valence-electron chi connectivity index (χ0n) is 11.4. The molecule has 1 aliphatic carbocycles. The van der Waals surface area contributed by atoms with Crippen LogP contribution in [0.2, 0.25) is 0 Å². The summed E-state index contributed by atoms with van der Waals surface area (Å²) in [6.45, 7) is 1.63. The number of benzene rings is 1. The van der Waals surface area contributed by atoms with Crippen molar-refractivity contribution in [2.45, 2.75) is 12.8 Å². The molecule has 0 saturated carbocycles. The number of aromatic carboxylic acids is 1. The van der Waals surface area contributed by atoms with Gasteiger partial charge in [-0.05, 0) is 30.7 Å². The third-order valence-electron chi connectivity index (χ3n) is 4.38. The van der Waals surface area contributed by atoms with Crippen LogP contribution in [0.25, 0.3) is 0 Å². The minimum absolute atomic E-state index is 0.0100. The number of hydrogen-bond donors (Lipinski definition) is 1. The van der Waals surface area contributed by atoms with Gasteiger partial charge in [0.2, 0.25) is 0 Å². The van der Waals surface area contributed by atoms with Gasteiger partial charge in [0, 0.05) is 25.2 Å². The first-order chi connectivity index (χ1) is 10.1. The van der Waals surface area contributed by atoms with Crippen molar-refractivity contribution in [3.05, 3.63) is 46.0 Å². The van der Waals surface area contributed by atoms with Gasteiger partial charge in [-0.25, -0.2) is 4.79 Å². The van der Waals surface area contributed by atoms with E-state index in [9.17, 15) is 20.0 Å². The molecule has 6 nitrogen and oxygen atoms in total. The SMILES string of the molecule is O=C(O)c1cc([N+](=O)[O-])ccc1N1CC2CC=CCC2C1. The number of allylic oxidation sites excluding steroid dienone is 2. The molecule has 110 valence electrons. The van der Waals surface area contributed by atoms with E-state index in [-0.39, 0.29) is 11.3 Å². The maximum Gasteiger partial charge on any atom is 0.338 e. The molecule has 0 bridgehead atoms. The summed E-state index contributed by atoms with van der Waals surface area (Å²) >= 11 is 0. The fourth-order valence-corrected chi connectivity index (χ4v) is 3.30. The minimum atomic E-state index is -1.12. The average Bonchev–Trinajstić information content (AvgIpc) is 2.90. The molecule has 0 spiro atoms. The molecule has 3 rings (SSSR count). The Labute approximate surface area is 121 Å². The van der Waals surface area contributed by atoms with Crippen LogP contribution in [0.3, 0.4) is 0 Å². The van der Waals surface area contributed by atoms with Gasteiger partial charge in [0.25, 0.3) is 5.69 Å². The highest BCUT2D eigenvalue weighted by Crippen LogP contribution is 2.37. The largest absolute Gasteiger partial charge is 0.478 e. The number of nitrogens with zero attached hydrogens (tertiary/aromatic N) is 2. The molecule has 0 aromatic heterocycles. The summed E-state index contributed by atoms with van der Waals surface area (Å²) < 4.78 is 0. The number of nitro groups is 1. The topological polar surface area (TPSA) is 83.7 Å². The summed E-state index contributed by atoms with van der Waals surface area (Å²) in [6.07, 6.45) is 6.41. The van der Waals surface area contributed by atoms with Crippen molar-refractivity contribution in [1.82, 2.24) is 0 Å². The van der Waals surface area contributed by atoms with Crippen molar-refractivity contribution in [2.75, 3.05) is 18.0 Å². The van der Waals surface area contributed by atoms with Gasteiger partial charge < -0.3 is 10.0 Å². The van der Waals surface area contributed by atoms with Crippen LogP contribution in [0.15, 0.2) is 30.4 Å². The van der Waals surface area contributed by atoms with Crippen LogP contribution in [0.1, 0.15) is 23.2 Å². The zero-order chi connectivity index (χ0) is 15.0. The molecule has 1 heterocycles. The summed E-state index contributed by atoms with van der Waals surface area (Å²) in [6, 6.07) is 4.09. The smallest absolute Gasteiger partial charge is 0.338 e. The van der Waals surface area contributed by atoms with Crippen LogP contribution in [0.5, 0.6) is 0 Å². The van der Waals surface area contributed by atoms with E-state index in [4.69, 9.17) is 0 Å². The number of fused-ring (bicyclic) bond motifs is 1. The second-order valence-electron chi connectivity index (χ2n) is 5.63. The van der Waals surface area contributed by atoms with Crippen LogP contribution < -0.4 is 4.90 Å². The van der Waals surface area contributed by atoms with Gasteiger partial charge in [-0.2, -0.15) is 0 Å². The summed E-state index contributed by atoms with van der Waals surface area (Å²) in [7, 11) is 0. The summed E-state index contributed by atoms with van der Waals surface area (Å²) in [5.74, 6) is -0.0274. The maximum atomic E-state index is 11.4. The first-order valence-corrected chi connectivity index (χ1v) is 6.98. The number of carboxylic acids is 1. The number of hydrogen-bond acceptors (Lipinski definition) is 4. The molecule has 1 aromatic rings. The molecule has 6 heteroatoms. The quantitative estimate of drug-likeness (QED) is 0.525. The van der Waals surface area contributed by atoms with E-state index >= 15 is 0 Å². The third kappa shape index (κ3) is 2.49. The van der Waals surface area contributed by atoms with Crippen molar-refractivity contribution in [1.29, 1.82) is 0 Å². The number of non-ortho nitro benzene ring substituents is 1. The van der Waals surface area contributed by atoms with Gasteiger partial charge in [-0.15, -0.1) is 0 Å².